The fraction of sp³-hybridized carbons (Fsp3) is 0.571. The summed E-state index contributed by atoms with van der Waals surface area (Å²) in [5.41, 5.74) is 14.4. The number of rotatable bonds is 16. The van der Waals surface area contributed by atoms with Crippen molar-refractivity contribution in [3.05, 3.63) is 77.9 Å². The van der Waals surface area contributed by atoms with Gasteiger partial charge in [-0.1, -0.05) is 43.4 Å². The first-order valence-electron chi connectivity index (χ1n) is 31.6. The van der Waals surface area contributed by atoms with E-state index in [0.717, 1.165) is 60.1 Å². The highest BCUT2D eigenvalue weighted by atomic mass is 35.5. The Morgan fingerprint density at radius 2 is 1.32 bits per heavy atom. The van der Waals surface area contributed by atoms with Gasteiger partial charge in [0.2, 0.25) is 35.4 Å². The summed E-state index contributed by atoms with van der Waals surface area (Å²) in [5.74, 6) is -7.79. The number of nitrogens with two attached hydrogens (primary N) is 2. The lowest BCUT2D eigenvalue weighted by Crippen LogP contribution is -2.64. The van der Waals surface area contributed by atoms with Crippen LogP contribution >= 0.6 is 48.6 Å². The lowest BCUT2D eigenvalue weighted by atomic mass is 9.86. The molecule has 7 amide bonds. The number of nitrogens with one attached hydrogen (secondary N) is 5. The Morgan fingerprint density at radius 1 is 0.705 bits per heavy atom. The minimum absolute atomic E-state index is 0. The largest absolute Gasteiger partial charge is 0.504 e. The van der Waals surface area contributed by atoms with E-state index in [2.05, 4.69) is 65.6 Å². The Bertz CT molecular complexity index is 3240. The Kier molecular flexibility index (Phi) is 28.6. The summed E-state index contributed by atoms with van der Waals surface area (Å²) in [6.45, 7) is 7.43. The van der Waals surface area contributed by atoms with Crippen LogP contribution in [0.25, 0.3) is 21.1 Å². The molecular weight excluding hydrogens is 1320 g/mol. The number of piperazine rings is 1. The summed E-state index contributed by atoms with van der Waals surface area (Å²) in [4.78, 5) is 108. The van der Waals surface area contributed by atoms with E-state index in [1.165, 1.54) is 67.4 Å². The van der Waals surface area contributed by atoms with Gasteiger partial charge >= 0.3 is 0 Å². The molecule has 524 valence electrons. The van der Waals surface area contributed by atoms with Gasteiger partial charge in [0.15, 0.2) is 11.5 Å². The number of β-amino-alcohol motifs (C(OH)–C–C–N with tert-alkyl or cyclic N) is 1. The quantitative estimate of drug-likeness (QED) is 0.0651. The second kappa shape index (κ2) is 35.1. The van der Waals surface area contributed by atoms with Gasteiger partial charge in [0.1, 0.15) is 52.9 Å². The second-order valence-electron chi connectivity index (χ2n) is 25.0. The highest BCUT2D eigenvalue weighted by Gasteiger charge is 2.50. The zero-order valence-electron chi connectivity index (χ0n) is 53.1. The molecule has 3 aromatic carbocycles. The van der Waals surface area contributed by atoms with E-state index >= 15 is 0 Å². The molecule has 16 N–H and O–H groups in total. The highest BCUT2D eigenvalue weighted by Crippen LogP contribution is 2.34. The van der Waals surface area contributed by atoms with Crippen molar-refractivity contribution in [3.8, 4) is 32.6 Å². The first-order valence-corrected chi connectivity index (χ1v) is 32.4. The molecule has 13 atom stereocenters. The van der Waals surface area contributed by atoms with Crippen LogP contribution in [0.2, 0.25) is 0 Å². The molecule has 95 heavy (non-hydrogen) atoms. The van der Waals surface area contributed by atoms with Gasteiger partial charge in [-0.2, -0.15) is 0 Å². The first-order chi connectivity index (χ1) is 44.0. The zero-order valence-corrected chi connectivity index (χ0v) is 56.4. The molecule has 0 spiro atoms. The summed E-state index contributed by atoms with van der Waals surface area (Å²) in [5, 5.41) is 102. The van der Waals surface area contributed by atoms with Crippen LogP contribution in [0.3, 0.4) is 0 Å². The number of aliphatic hydroxyl groups is 6. The summed E-state index contributed by atoms with van der Waals surface area (Å²) >= 11 is 1.35. The smallest absolute Gasteiger partial charge is 0.251 e. The number of anilines is 1. The van der Waals surface area contributed by atoms with Gasteiger partial charge < -0.3 is 93.2 Å². The fourth-order valence-electron chi connectivity index (χ4n) is 12.8. The van der Waals surface area contributed by atoms with Crippen molar-refractivity contribution < 1.29 is 74.0 Å². The SMILES string of the molecule is CC1CCC(N2CCN(c3ccc(-c4nnc(-c5ccc(C(=O)N[C@H]6C[C@@H](O)CNC(=O)[C@@H]7[C@@H](O)[C@@H](C)CN7C(=O)[C@H]([C@H](O)CCN)NC(=O)[C@H]([C@H](O)Cc7ccc(O)c(OCCN)c7)NC(=O)[C@@H]7C[C@@H](O)CN7C(=O)[C@H]([C@@H](C)O)NC6=O)cc5)s4)cc3)CC2)CC1.Cl.Cl.Cl. The number of hydrogen-bond acceptors (Lipinski definition) is 22. The van der Waals surface area contributed by atoms with E-state index < -0.39 is 152 Å². The van der Waals surface area contributed by atoms with Crippen LogP contribution in [0.4, 0.5) is 5.69 Å². The Balaban J connectivity index is 0.00000476. The van der Waals surface area contributed by atoms with Crippen molar-refractivity contribution in [3.63, 3.8) is 0 Å². The molecule has 1 saturated carbocycles. The van der Waals surface area contributed by atoms with Gasteiger partial charge in [-0.3, -0.25) is 38.5 Å². The summed E-state index contributed by atoms with van der Waals surface area (Å²) < 4.78 is 5.52. The van der Waals surface area contributed by atoms with E-state index in [0.29, 0.717) is 21.6 Å². The number of fused-ring (bicyclic) bond motifs is 2. The molecule has 0 bridgehead atoms. The molecule has 5 fully saturated rings. The molecule has 1 aliphatic carbocycles. The van der Waals surface area contributed by atoms with Gasteiger partial charge in [0.05, 0.1) is 36.6 Å². The molecule has 4 aromatic rings. The van der Waals surface area contributed by atoms with E-state index in [-0.39, 0.29) is 92.5 Å². The van der Waals surface area contributed by atoms with Gasteiger partial charge in [0, 0.05) is 106 Å². The average molecular weight is 1410 g/mol. The van der Waals surface area contributed by atoms with Gasteiger partial charge in [-0.05, 0) is 106 Å². The zero-order chi connectivity index (χ0) is 66.1. The average Bonchev–Trinajstić information content (AvgIpc) is 1.69. The van der Waals surface area contributed by atoms with Crippen molar-refractivity contribution in [1.29, 1.82) is 0 Å². The predicted molar refractivity (Wildman–Crippen MR) is 359 cm³/mol. The molecule has 5 aliphatic rings. The van der Waals surface area contributed by atoms with Crippen molar-refractivity contribution in [2.45, 2.75) is 151 Å². The van der Waals surface area contributed by atoms with Crippen molar-refractivity contribution >= 4 is 95.6 Å². The molecule has 9 rings (SSSR count). The maximum atomic E-state index is 14.7. The maximum Gasteiger partial charge on any atom is 0.251 e. The minimum Gasteiger partial charge on any atom is -0.504 e. The number of aromatic nitrogens is 2. The minimum atomic E-state index is -2.04. The van der Waals surface area contributed by atoms with Crippen molar-refractivity contribution in [2.24, 2.45) is 23.3 Å². The molecule has 4 aliphatic heterocycles. The van der Waals surface area contributed by atoms with Crippen LogP contribution in [0.5, 0.6) is 11.5 Å². The number of halogens is 3. The number of amides is 7. The van der Waals surface area contributed by atoms with E-state index in [1.54, 1.807) is 19.1 Å². The van der Waals surface area contributed by atoms with Crippen LogP contribution in [-0.2, 0) is 35.2 Å². The third-order valence-electron chi connectivity index (χ3n) is 18.2. The Hall–Kier alpha value is -6.58. The van der Waals surface area contributed by atoms with Gasteiger partial charge in [-0.25, -0.2) is 0 Å². The summed E-state index contributed by atoms with van der Waals surface area (Å²) in [6.07, 6.45) is -6.68. The molecule has 0 unspecified atom stereocenters. The topological polar surface area (TPSA) is 421 Å². The number of benzene rings is 3. The lowest BCUT2D eigenvalue weighted by Gasteiger charge is -2.42. The van der Waals surface area contributed by atoms with Gasteiger partial charge in [0.25, 0.3) is 5.91 Å². The van der Waals surface area contributed by atoms with Crippen LogP contribution in [0.15, 0.2) is 66.7 Å². The van der Waals surface area contributed by atoms with Crippen molar-refractivity contribution in [1.82, 2.24) is 51.5 Å². The standard InChI is InChI=1S/C63H87N13O15S.3ClH/c1-33-4-13-40(14-5-33)73-21-23-74(24-22-73)41-15-11-39(12-16-41)61-72-71-60(92-61)38-9-7-37(8-10-38)55(84)67-44-28-42(78)30-66-59(88)53-54(83)34(2)31-76(53)63(90)52(47(81)18-19-64)70-58(87)51(48(82)26-36-6-17-46(80)49(27-36)91-25-20-65)69-57(86)45-29-43(79)32-75(45)62(89)50(35(3)77)68-56(44)85;;;/h6-12,15-17,27,33-35,40,42-45,47-48,50-54,77-83H,4-5,13-14,18-26,28-32,64-65H2,1-3H3,(H,66,88)(H,67,84)(H,68,85)(H,69,86)(H,70,87);3*1H/t33?,34-,35+,40?,42+,43+,44-,45-,47+,48+,50-,51-,52-,53-,54-;;;/m0.../s1. The third kappa shape index (κ3) is 19.0. The second-order valence-corrected chi connectivity index (χ2v) is 26.0. The van der Waals surface area contributed by atoms with Crippen molar-refractivity contribution in [2.75, 3.05) is 70.4 Å². The van der Waals surface area contributed by atoms with Gasteiger partial charge in [-0.15, -0.1) is 47.4 Å². The number of aliphatic hydroxyl groups excluding tert-OH is 6. The number of nitrogens with zero attached hydrogens (tertiary/aromatic N) is 6. The van der Waals surface area contributed by atoms with Crippen LogP contribution in [0.1, 0.15) is 81.6 Å². The molecule has 4 saturated heterocycles. The van der Waals surface area contributed by atoms with E-state index in [9.17, 15) is 69.3 Å². The van der Waals surface area contributed by atoms with Crippen LogP contribution < -0.4 is 47.7 Å². The molecule has 1 aromatic heterocycles. The first kappa shape index (κ1) is 77.4. The number of carbonyl (C=O) groups excluding carboxylic acids is 7. The predicted octanol–water partition coefficient (Wildman–Crippen LogP) is -0.821. The number of phenolic OH excluding ortho intramolecular Hbond substituents is 1. The fourth-order valence-corrected chi connectivity index (χ4v) is 13.7. The number of phenols is 1. The van der Waals surface area contributed by atoms with E-state index in [4.69, 9.17) is 16.2 Å². The molecular formula is C63H90Cl3N13O15S. The lowest BCUT2D eigenvalue weighted by molar-refractivity contribution is -0.147. The Labute approximate surface area is 573 Å². The normalized spacial score (nSPS) is 27.7. The number of ether oxygens (including phenoxy) is 1. The number of aromatic hydroxyl groups is 1. The summed E-state index contributed by atoms with van der Waals surface area (Å²) in [7, 11) is 0. The monoisotopic (exact) mass is 1410 g/mol. The number of carbonyl (C=O) groups is 7. The number of hydrogen-bond donors (Lipinski definition) is 14. The highest BCUT2D eigenvalue weighted by molar-refractivity contribution is 7.17. The van der Waals surface area contributed by atoms with Crippen LogP contribution in [0, 0.1) is 11.8 Å². The summed E-state index contributed by atoms with van der Waals surface area (Å²) in [6, 6.07) is 8.26. The molecule has 0 radical (unpaired) electrons. The van der Waals surface area contributed by atoms with E-state index in [1.807, 2.05) is 12.1 Å². The molecule has 5 heterocycles. The molecule has 28 nitrogen and oxygen atoms in total. The third-order valence-corrected chi connectivity index (χ3v) is 19.2. The Morgan fingerprint density at radius 3 is 1.94 bits per heavy atom. The van der Waals surface area contributed by atoms with Crippen LogP contribution in [-0.4, -0.2) is 246 Å². The molecule has 32 heteroatoms. The maximum absolute atomic E-state index is 14.7.